The summed E-state index contributed by atoms with van der Waals surface area (Å²) in [6.07, 6.45) is 2.05. The Hall–Kier alpha value is -2.56. The summed E-state index contributed by atoms with van der Waals surface area (Å²) in [4.78, 5) is 53.2. The minimum atomic E-state index is -0.387. The van der Waals surface area contributed by atoms with Gasteiger partial charge in [0.15, 0.2) is 5.82 Å². The number of hydrogen-bond donors (Lipinski definition) is 2. The van der Waals surface area contributed by atoms with Crippen LogP contribution in [0.15, 0.2) is 102 Å². The normalized spacial score (nSPS) is 10.6. The van der Waals surface area contributed by atoms with Crippen LogP contribution in [0, 0.1) is 0 Å². The van der Waals surface area contributed by atoms with Gasteiger partial charge in [-0.25, -0.2) is 29.5 Å². The van der Waals surface area contributed by atoms with Crippen LogP contribution in [0.2, 0.25) is 0 Å². The zero-order chi connectivity index (χ0) is 40.3. The number of fused-ring (bicyclic) bond motifs is 2. The SMILES string of the molecule is C.CCC(C)N.CCC(C)Nc1nc2cc(C(=O)OC)ccc2nc1-c1ccccc1.COC(=O)c1ccc2nc(-c3ccccc3)c(Br)nc2c1.O=CO[O-].[H-].[K+].[K+]. The number of nitrogens with zero attached hydrogens (tertiary/aromatic N) is 4. The van der Waals surface area contributed by atoms with Crippen molar-refractivity contribution in [3.8, 4) is 22.5 Å². The number of carbonyl (C=O) groups excluding carboxylic acids is 3. The van der Waals surface area contributed by atoms with Crippen LogP contribution in [0.3, 0.4) is 0 Å². The zero-order valence-corrected chi connectivity index (χ0v) is 41.3. The van der Waals surface area contributed by atoms with E-state index in [-0.39, 0.29) is 136 Å². The van der Waals surface area contributed by atoms with Gasteiger partial charge in [0, 0.05) is 23.2 Å². The van der Waals surface area contributed by atoms with Gasteiger partial charge in [0.05, 0.1) is 47.4 Å². The smallest absolute Gasteiger partial charge is 1.00 e. The van der Waals surface area contributed by atoms with Gasteiger partial charge in [-0.3, -0.25) is 4.79 Å². The maximum absolute atomic E-state index is 11.8. The van der Waals surface area contributed by atoms with Crippen molar-refractivity contribution in [2.45, 2.75) is 60.0 Å². The van der Waals surface area contributed by atoms with Gasteiger partial charge in [0.1, 0.15) is 16.0 Å². The number of hydrogen-bond acceptors (Lipinski definition) is 13. The van der Waals surface area contributed by atoms with Crippen molar-refractivity contribution in [2.75, 3.05) is 19.5 Å². The summed E-state index contributed by atoms with van der Waals surface area (Å²) < 4.78 is 10.1. The van der Waals surface area contributed by atoms with E-state index in [1.54, 1.807) is 36.4 Å². The molecule has 16 heteroatoms. The van der Waals surface area contributed by atoms with E-state index in [1.165, 1.54) is 14.2 Å². The topological polar surface area (TPSA) is 192 Å². The van der Waals surface area contributed by atoms with Gasteiger partial charge in [-0.15, -0.1) is 0 Å². The standard InChI is InChI=1S/C20H21N3O2.C16H11BrN2O2.C4H11N.CH2O3.CH4.2K.H/c1-4-13(2)21-19-18(14-8-6-5-7-9-14)22-16-11-10-15(20(24)25-3)12-17(16)23-19;1-21-16(20)11-7-8-12-13(9-11)19-15(17)14(18-12)10-5-3-2-4-6-10;1-3-4(2)5;2-1-4-3;;;;/h5-13H,4H2,1-3H3,(H,21,23);2-9H,1H3;4H,3,5H2,1-2H3;1,3H;1H4;;;/q;;;;;2*+1;-1/p-1. The summed E-state index contributed by atoms with van der Waals surface area (Å²) in [5.74, 6) is -0.0516. The number of aromatic nitrogens is 4. The van der Waals surface area contributed by atoms with E-state index in [1.807, 2.05) is 67.6 Å². The van der Waals surface area contributed by atoms with Gasteiger partial charge < -0.3 is 32.1 Å². The largest absolute Gasteiger partial charge is 1.00 e. The number of nitrogens with two attached hydrogens (primary N) is 1. The average molecular weight is 908 g/mol. The second kappa shape index (κ2) is 29.6. The molecule has 2 atom stereocenters. The van der Waals surface area contributed by atoms with Crippen LogP contribution in [-0.2, 0) is 19.2 Å². The quantitative estimate of drug-likeness (QED) is 0.0706. The molecule has 0 aliphatic carbocycles. The molecule has 2 heterocycles. The first-order valence-electron chi connectivity index (χ1n) is 17.3. The van der Waals surface area contributed by atoms with Gasteiger partial charge in [-0.2, -0.15) is 0 Å². The molecule has 2 aromatic heterocycles. The number of rotatable bonds is 9. The van der Waals surface area contributed by atoms with Crippen LogP contribution in [-0.4, -0.2) is 64.7 Å². The van der Waals surface area contributed by atoms with E-state index >= 15 is 0 Å². The van der Waals surface area contributed by atoms with Gasteiger partial charge in [-0.05, 0) is 79.0 Å². The molecule has 0 fully saturated rings. The molecular formula is C42H49BrK2N6O7. The molecule has 0 amide bonds. The minimum Gasteiger partial charge on any atom is -1.00 e. The molecule has 0 saturated carbocycles. The Morgan fingerprint density at radius 3 is 1.55 bits per heavy atom. The van der Waals surface area contributed by atoms with Crippen molar-refractivity contribution in [2.24, 2.45) is 5.73 Å². The number of benzene rings is 4. The number of esters is 2. The van der Waals surface area contributed by atoms with Crippen molar-refractivity contribution >= 4 is 62.2 Å². The van der Waals surface area contributed by atoms with Crippen molar-refractivity contribution in [3.63, 3.8) is 0 Å². The second-order valence-corrected chi connectivity index (χ2v) is 12.7. The van der Waals surface area contributed by atoms with Crippen LogP contribution >= 0.6 is 15.9 Å². The Bertz CT molecular complexity index is 2180. The molecule has 0 bridgehead atoms. The van der Waals surface area contributed by atoms with E-state index in [4.69, 9.17) is 35.2 Å². The molecule has 0 spiro atoms. The van der Waals surface area contributed by atoms with Crippen molar-refractivity contribution in [1.82, 2.24) is 19.9 Å². The van der Waals surface area contributed by atoms with Crippen LogP contribution in [0.25, 0.3) is 44.6 Å². The number of nitrogens with one attached hydrogen (secondary N) is 1. The fraction of sp³-hybridized carbons (Fsp3) is 0.262. The van der Waals surface area contributed by atoms with E-state index in [2.05, 4.69) is 56.9 Å². The third-order valence-corrected chi connectivity index (χ3v) is 8.45. The molecule has 0 aliphatic heterocycles. The molecule has 58 heavy (non-hydrogen) atoms. The first-order chi connectivity index (χ1) is 26.5. The molecule has 3 N–H and O–H groups in total. The van der Waals surface area contributed by atoms with Crippen molar-refractivity contribution in [1.29, 1.82) is 0 Å². The third kappa shape index (κ3) is 17.2. The van der Waals surface area contributed by atoms with Crippen LogP contribution in [0.4, 0.5) is 5.82 Å². The summed E-state index contributed by atoms with van der Waals surface area (Å²) in [5.41, 5.74) is 12.5. The Balaban J connectivity index is 0. The Labute approximate surface area is 435 Å². The van der Waals surface area contributed by atoms with Crippen molar-refractivity contribution in [3.05, 3.63) is 113 Å². The Morgan fingerprint density at radius 2 is 1.16 bits per heavy atom. The van der Waals surface area contributed by atoms with Crippen LogP contribution < -0.4 is 119 Å². The average Bonchev–Trinajstić information content (AvgIpc) is 3.23. The van der Waals surface area contributed by atoms with E-state index in [9.17, 15) is 9.59 Å². The molecule has 6 rings (SSSR count). The van der Waals surface area contributed by atoms with Gasteiger partial charge in [0.25, 0.3) is 6.47 Å². The van der Waals surface area contributed by atoms with Crippen LogP contribution in [0.1, 0.15) is 70.1 Å². The second-order valence-electron chi connectivity index (χ2n) is 11.9. The first kappa shape index (κ1) is 55.4. The summed E-state index contributed by atoms with van der Waals surface area (Å²) in [6.45, 7) is 8.11. The molecule has 2 unspecified atom stereocenters. The minimum absolute atomic E-state index is 0. The predicted molar refractivity (Wildman–Crippen MR) is 223 cm³/mol. The number of ether oxygens (including phenoxy) is 2. The Kier molecular flexibility index (Phi) is 28.3. The summed E-state index contributed by atoms with van der Waals surface area (Å²) in [5, 5.41) is 11.9. The van der Waals surface area contributed by atoms with Crippen LogP contribution in [0.5, 0.6) is 0 Å². The van der Waals surface area contributed by atoms with E-state index in [0.29, 0.717) is 32.8 Å². The van der Waals surface area contributed by atoms with E-state index in [0.717, 1.165) is 52.2 Å². The molecule has 0 saturated heterocycles. The third-order valence-electron chi connectivity index (χ3n) is 7.90. The number of methoxy groups -OCH3 is 2. The molecule has 0 aliphatic rings. The maximum Gasteiger partial charge on any atom is 1.00 e. The molecule has 298 valence electrons. The first-order valence-corrected chi connectivity index (χ1v) is 18.1. The van der Waals surface area contributed by atoms with Crippen molar-refractivity contribution < 1.29 is 138 Å². The number of halogens is 1. The molecular weight excluding hydrogens is 859 g/mol. The fourth-order valence-electron chi connectivity index (χ4n) is 4.59. The number of anilines is 1. The summed E-state index contributed by atoms with van der Waals surface area (Å²) in [7, 11) is 2.72. The molecule has 6 aromatic rings. The van der Waals surface area contributed by atoms with Gasteiger partial charge >= 0.3 is 115 Å². The predicted octanol–water partition coefficient (Wildman–Crippen LogP) is 2.07. The van der Waals surface area contributed by atoms with Gasteiger partial charge in [-0.1, -0.05) is 81.9 Å². The zero-order valence-electron chi connectivity index (χ0n) is 34.5. The Morgan fingerprint density at radius 1 is 0.741 bits per heavy atom. The van der Waals surface area contributed by atoms with Gasteiger partial charge in [0.2, 0.25) is 0 Å². The maximum atomic E-state index is 11.8. The summed E-state index contributed by atoms with van der Waals surface area (Å²) in [6, 6.07) is 30.8. The molecule has 0 radical (unpaired) electrons. The van der Waals surface area contributed by atoms with E-state index < -0.39 is 0 Å². The molecule has 4 aromatic carbocycles. The number of carbonyl (C=O) groups is 3. The molecule has 13 nitrogen and oxygen atoms in total. The fourth-order valence-corrected chi connectivity index (χ4v) is 5.10. The monoisotopic (exact) mass is 906 g/mol. The summed E-state index contributed by atoms with van der Waals surface area (Å²) >= 11 is 3.44.